The van der Waals surface area contributed by atoms with Crippen LogP contribution in [0.1, 0.15) is 18.4 Å². The molecule has 0 saturated carbocycles. The molecule has 0 unspecified atom stereocenters. The van der Waals surface area contributed by atoms with E-state index in [0.717, 1.165) is 30.6 Å². The Bertz CT molecular complexity index is 621. The molecule has 6 heteroatoms. The number of rotatable bonds is 6. The quantitative estimate of drug-likeness (QED) is 0.800. The number of piperidine rings is 1. The van der Waals surface area contributed by atoms with E-state index in [-0.39, 0.29) is 24.5 Å². The van der Waals surface area contributed by atoms with Crippen molar-refractivity contribution in [3.05, 3.63) is 29.8 Å². The number of nitrogens with zero attached hydrogens (tertiary/aromatic N) is 1. The van der Waals surface area contributed by atoms with Gasteiger partial charge in [0.1, 0.15) is 12.4 Å². The van der Waals surface area contributed by atoms with Crippen molar-refractivity contribution in [1.82, 2.24) is 10.2 Å². The zero-order valence-corrected chi connectivity index (χ0v) is 14.5. The van der Waals surface area contributed by atoms with E-state index in [4.69, 9.17) is 15.9 Å². The molecule has 1 fully saturated rings. The number of terminal acetylenes is 1. The van der Waals surface area contributed by atoms with Crippen LogP contribution >= 0.6 is 0 Å². The molecule has 1 aromatic rings. The van der Waals surface area contributed by atoms with Crippen LogP contribution in [0.25, 0.3) is 0 Å². The van der Waals surface area contributed by atoms with Crippen molar-refractivity contribution in [1.29, 1.82) is 0 Å². The molecular formula is C19H24N2O4. The smallest absolute Gasteiger partial charge is 0.409 e. The zero-order chi connectivity index (χ0) is 18.1. The summed E-state index contributed by atoms with van der Waals surface area (Å²) in [7, 11) is 1.36. The standard InChI is InChI=1S/C19H24N2O4/c1-3-13-25-17-8-6-15(7-9-17)10-11-20-18(22)16-5-4-12-21(14-16)19(23)24-2/h1,6-9,16H,4-5,10-14H2,2H3,(H,20,22)/t16-/m0/s1. The Hall–Kier alpha value is -2.68. The Morgan fingerprint density at radius 2 is 2.12 bits per heavy atom. The molecule has 134 valence electrons. The lowest BCUT2D eigenvalue weighted by Gasteiger charge is -2.30. The third-order valence-electron chi connectivity index (χ3n) is 4.18. The minimum atomic E-state index is -0.371. The van der Waals surface area contributed by atoms with Gasteiger partial charge in [-0.3, -0.25) is 4.79 Å². The number of benzene rings is 1. The van der Waals surface area contributed by atoms with Crippen LogP contribution in [0.4, 0.5) is 4.79 Å². The number of hydrogen-bond acceptors (Lipinski definition) is 4. The number of carbonyl (C=O) groups excluding carboxylic acids is 2. The lowest BCUT2D eigenvalue weighted by atomic mass is 9.97. The van der Waals surface area contributed by atoms with Crippen LogP contribution in [-0.2, 0) is 16.0 Å². The maximum Gasteiger partial charge on any atom is 0.409 e. The first-order valence-electron chi connectivity index (χ1n) is 8.40. The van der Waals surface area contributed by atoms with Gasteiger partial charge in [-0.1, -0.05) is 18.1 Å². The Balaban J connectivity index is 1.74. The van der Waals surface area contributed by atoms with Gasteiger partial charge in [0.05, 0.1) is 13.0 Å². The molecule has 2 rings (SSSR count). The number of carbonyl (C=O) groups is 2. The fourth-order valence-corrected chi connectivity index (χ4v) is 2.84. The van der Waals surface area contributed by atoms with Gasteiger partial charge in [0.25, 0.3) is 0 Å². The molecule has 6 nitrogen and oxygen atoms in total. The molecule has 1 atom stereocenters. The van der Waals surface area contributed by atoms with Crippen molar-refractivity contribution in [2.45, 2.75) is 19.3 Å². The molecule has 0 bridgehead atoms. The monoisotopic (exact) mass is 344 g/mol. The fraction of sp³-hybridized carbons (Fsp3) is 0.474. The van der Waals surface area contributed by atoms with Gasteiger partial charge >= 0.3 is 6.09 Å². The molecule has 2 amide bonds. The predicted octanol–water partition coefficient (Wildman–Crippen LogP) is 1.84. The molecule has 25 heavy (non-hydrogen) atoms. The van der Waals surface area contributed by atoms with Crippen LogP contribution in [-0.4, -0.2) is 50.3 Å². The Morgan fingerprint density at radius 1 is 1.36 bits per heavy atom. The van der Waals surface area contributed by atoms with Crippen molar-refractivity contribution in [3.63, 3.8) is 0 Å². The lowest BCUT2D eigenvalue weighted by molar-refractivity contribution is -0.126. The second kappa shape index (κ2) is 9.58. The van der Waals surface area contributed by atoms with Crippen LogP contribution < -0.4 is 10.1 Å². The van der Waals surface area contributed by atoms with Gasteiger partial charge in [-0.2, -0.15) is 0 Å². The fourth-order valence-electron chi connectivity index (χ4n) is 2.84. The van der Waals surface area contributed by atoms with E-state index in [1.165, 1.54) is 7.11 Å². The van der Waals surface area contributed by atoms with E-state index in [2.05, 4.69) is 11.2 Å². The van der Waals surface area contributed by atoms with Crippen LogP contribution in [0.15, 0.2) is 24.3 Å². The van der Waals surface area contributed by atoms with Crippen molar-refractivity contribution in [2.24, 2.45) is 5.92 Å². The van der Waals surface area contributed by atoms with Gasteiger partial charge < -0.3 is 19.7 Å². The summed E-state index contributed by atoms with van der Waals surface area (Å²) < 4.78 is 10.0. The summed E-state index contributed by atoms with van der Waals surface area (Å²) >= 11 is 0. The van der Waals surface area contributed by atoms with Gasteiger partial charge in [0.15, 0.2) is 0 Å². The highest BCUT2D eigenvalue weighted by Gasteiger charge is 2.28. The lowest BCUT2D eigenvalue weighted by Crippen LogP contribution is -2.45. The van der Waals surface area contributed by atoms with E-state index >= 15 is 0 Å². The van der Waals surface area contributed by atoms with Gasteiger partial charge in [0.2, 0.25) is 5.91 Å². The van der Waals surface area contributed by atoms with Crippen LogP contribution in [0, 0.1) is 18.3 Å². The summed E-state index contributed by atoms with van der Waals surface area (Å²) in [6.07, 6.45) is 7.12. The first-order valence-corrected chi connectivity index (χ1v) is 8.40. The molecule has 0 aliphatic carbocycles. The van der Waals surface area contributed by atoms with E-state index in [9.17, 15) is 9.59 Å². The largest absolute Gasteiger partial charge is 0.481 e. The first kappa shape index (κ1) is 18.7. The minimum absolute atomic E-state index is 0.0115. The Kier molecular flexibility index (Phi) is 7.15. The maximum absolute atomic E-state index is 12.3. The minimum Gasteiger partial charge on any atom is -0.481 e. The summed E-state index contributed by atoms with van der Waals surface area (Å²) in [5.74, 6) is 2.97. The molecule has 1 aromatic carbocycles. The molecule has 0 radical (unpaired) electrons. The van der Waals surface area contributed by atoms with Crippen molar-refractivity contribution < 1.29 is 19.1 Å². The highest BCUT2D eigenvalue weighted by atomic mass is 16.5. The maximum atomic E-state index is 12.3. The summed E-state index contributed by atoms with van der Waals surface area (Å²) in [5.41, 5.74) is 1.10. The van der Waals surface area contributed by atoms with Crippen LogP contribution in [0.3, 0.4) is 0 Å². The molecule has 1 heterocycles. The van der Waals surface area contributed by atoms with Crippen LogP contribution in [0.2, 0.25) is 0 Å². The van der Waals surface area contributed by atoms with Crippen molar-refractivity contribution >= 4 is 12.0 Å². The number of likely N-dealkylation sites (tertiary alicyclic amines) is 1. The topological polar surface area (TPSA) is 67.9 Å². The second-order valence-electron chi connectivity index (χ2n) is 5.93. The summed E-state index contributed by atoms with van der Waals surface area (Å²) in [4.78, 5) is 25.5. The van der Waals surface area contributed by atoms with E-state index in [1.54, 1.807) is 4.90 Å². The van der Waals surface area contributed by atoms with Gasteiger partial charge in [-0.05, 0) is 37.0 Å². The Morgan fingerprint density at radius 3 is 2.80 bits per heavy atom. The first-order chi connectivity index (χ1) is 12.1. The highest BCUT2D eigenvalue weighted by Crippen LogP contribution is 2.17. The molecule has 1 aliphatic rings. The van der Waals surface area contributed by atoms with Crippen LogP contribution in [0.5, 0.6) is 5.75 Å². The number of methoxy groups -OCH3 is 1. The molecule has 1 saturated heterocycles. The van der Waals surface area contributed by atoms with E-state index in [0.29, 0.717) is 19.6 Å². The predicted molar refractivity (Wildman–Crippen MR) is 94.2 cm³/mol. The molecular weight excluding hydrogens is 320 g/mol. The average Bonchev–Trinajstić information content (AvgIpc) is 2.66. The molecule has 1 aliphatic heterocycles. The van der Waals surface area contributed by atoms with Gasteiger partial charge in [0, 0.05) is 19.6 Å². The SMILES string of the molecule is C#CCOc1ccc(CCNC(=O)[C@H]2CCCN(C(=O)OC)C2)cc1. The second-order valence-corrected chi connectivity index (χ2v) is 5.93. The normalized spacial score (nSPS) is 16.6. The number of amides is 2. The Labute approximate surface area is 148 Å². The van der Waals surface area contributed by atoms with Crippen molar-refractivity contribution in [2.75, 3.05) is 33.4 Å². The number of nitrogens with one attached hydrogen (secondary N) is 1. The van der Waals surface area contributed by atoms with Gasteiger partial charge in [-0.25, -0.2) is 4.79 Å². The summed E-state index contributed by atoms with van der Waals surface area (Å²) in [6, 6.07) is 7.64. The molecule has 0 aromatic heterocycles. The van der Waals surface area contributed by atoms with Crippen molar-refractivity contribution in [3.8, 4) is 18.1 Å². The zero-order valence-electron chi connectivity index (χ0n) is 14.5. The average molecular weight is 344 g/mol. The highest BCUT2D eigenvalue weighted by molar-refractivity contribution is 5.80. The van der Waals surface area contributed by atoms with E-state index in [1.807, 2.05) is 24.3 Å². The number of ether oxygens (including phenoxy) is 2. The molecule has 0 spiro atoms. The number of hydrogen-bond donors (Lipinski definition) is 1. The van der Waals surface area contributed by atoms with E-state index < -0.39 is 0 Å². The summed E-state index contributed by atoms with van der Waals surface area (Å²) in [5, 5.41) is 2.95. The van der Waals surface area contributed by atoms with Gasteiger partial charge in [-0.15, -0.1) is 6.42 Å². The summed E-state index contributed by atoms with van der Waals surface area (Å²) in [6.45, 7) is 1.86. The molecule has 1 N–H and O–H groups in total. The third-order valence-corrected chi connectivity index (χ3v) is 4.18. The third kappa shape index (κ3) is 5.71.